The monoisotopic (exact) mass is 490 g/mol. The Balaban J connectivity index is 1.15. The van der Waals surface area contributed by atoms with Crippen LogP contribution in [0.4, 0.5) is 0 Å². The molecule has 36 heavy (non-hydrogen) atoms. The number of pyridine rings is 1. The number of nitrogens with one attached hydrogen (secondary N) is 1. The third-order valence-corrected chi connectivity index (χ3v) is 8.77. The van der Waals surface area contributed by atoms with Crippen molar-refractivity contribution in [1.29, 1.82) is 0 Å². The first-order chi connectivity index (χ1) is 17.8. The maximum atomic E-state index is 13.4. The van der Waals surface area contributed by atoms with E-state index >= 15 is 0 Å². The minimum atomic E-state index is 0.0819. The molecule has 2 aromatic carbocycles. The lowest BCUT2D eigenvalue weighted by atomic mass is 9.91. The summed E-state index contributed by atoms with van der Waals surface area (Å²) >= 11 is 1.69. The Morgan fingerprint density at radius 3 is 2.44 bits per heavy atom. The fraction of sp³-hybridized carbons (Fsp3) is 0.233. The highest BCUT2D eigenvalue weighted by Gasteiger charge is 2.32. The number of aryl methyl sites for hydroxylation is 3. The van der Waals surface area contributed by atoms with Crippen molar-refractivity contribution in [2.75, 3.05) is 0 Å². The van der Waals surface area contributed by atoms with Gasteiger partial charge in [-0.25, -0.2) is 4.98 Å². The van der Waals surface area contributed by atoms with Crippen molar-refractivity contribution in [3.05, 3.63) is 117 Å². The Hall–Kier alpha value is -3.61. The molecule has 3 aromatic heterocycles. The van der Waals surface area contributed by atoms with Crippen LogP contribution < -0.4 is 10.9 Å². The summed E-state index contributed by atoms with van der Waals surface area (Å²) in [4.78, 5) is 24.7. The van der Waals surface area contributed by atoms with Crippen LogP contribution in [0.15, 0.2) is 84.0 Å². The van der Waals surface area contributed by atoms with E-state index in [1.807, 2.05) is 18.2 Å². The predicted molar refractivity (Wildman–Crippen MR) is 144 cm³/mol. The zero-order valence-corrected chi connectivity index (χ0v) is 20.7. The van der Waals surface area contributed by atoms with Gasteiger partial charge in [0.25, 0.3) is 5.56 Å². The number of rotatable bonds is 5. The molecule has 0 amide bonds. The molecule has 0 fully saturated rings. The first-order valence-electron chi connectivity index (χ1n) is 12.6. The van der Waals surface area contributed by atoms with E-state index in [1.165, 1.54) is 32.7 Å². The lowest BCUT2D eigenvalue weighted by Crippen LogP contribution is -2.36. The minimum absolute atomic E-state index is 0.0819. The van der Waals surface area contributed by atoms with Crippen LogP contribution in [0.3, 0.4) is 0 Å². The summed E-state index contributed by atoms with van der Waals surface area (Å²) in [6.07, 6.45) is 7.08. The maximum absolute atomic E-state index is 13.4. The maximum Gasteiger partial charge on any atom is 0.262 e. The molecule has 0 radical (unpaired) electrons. The SMILES string of the molecule is O=c1c2c3c(sc2ncn1CCc1ccccn1)CC(NC1c2ccccc2-c2ccccc21)CC3. The number of thiophene rings is 1. The van der Waals surface area contributed by atoms with Crippen molar-refractivity contribution < 1.29 is 0 Å². The van der Waals surface area contributed by atoms with Crippen LogP contribution in [-0.4, -0.2) is 20.6 Å². The van der Waals surface area contributed by atoms with Gasteiger partial charge in [-0.1, -0.05) is 54.6 Å². The fourth-order valence-corrected chi connectivity index (χ4v) is 7.11. The highest BCUT2D eigenvalue weighted by molar-refractivity contribution is 7.18. The molecule has 3 heterocycles. The molecular weight excluding hydrogens is 464 g/mol. The number of hydrogen-bond acceptors (Lipinski definition) is 5. The summed E-state index contributed by atoms with van der Waals surface area (Å²) in [5.74, 6) is 0. The van der Waals surface area contributed by atoms with Crippen LogP contribution in [0.1, 0.15) is 39.7 Å². The number of aromatic nitrogens is 3. The zero-order chi connectivity index (χ0) is 24.1. The van der Waals surface area contributed by atoms with Gasteiger partial charge in [0, 0.05) is 35.8 Å². The van der Waals surface area contributed by atoms with E-state index in [4.69, 9.17) is 0 Å². The number of nitrogens with zero attached hydrogens (tertiary/aromatic N) is 3. The Kier molecular flexibility index (Phi) is 5.29. The second-order valence-corrected chi connectivity index (χ2v) is 10.8. The van der Waals surface area contributed by atoms with Crippen molar-refractivity contribution in [2.45, 2.75) is 44.3 Å². The molecule has 0 saturated carbocycles. The molecule has 2 aliphatic carbocycles. The lowest BCUT2D eigenvalue weighted by molar-refractivity contribution is 0.434. The van der Waals surface area contributed by atoms with Crippen LogP contribution in [0.25, 0.3) is 21.3 Å². The fourth-order valence-electron chi connectivity index (χ4n) is 5.85. The van der Waals surface area contributed by atoms with Crippen molar-refractivity contribution in [3.63, 3.8) is 0 Å². The van der Waals surface area contributed by atoms with Gasteiger partial charge in [0.1, 0.15) is 4.83 Å². The molecule has 6 heteroatoms. The summed E-state index contributed by atoms with van der Waals surface area (Å²) in [5.41, 5.74) is 7.67. The molecule has 5 aromatic rings. The molecule has 5 nitrogen and oxygen atoms in total. The summed E-state index contributed by atoms with van der Waals surface area (Å²) in [6, 6.07) is 23.9. The van der Waals surface area contributed by atoms with Crippen LogP contribution >= 0.6 is 11.3 Å². The average Bonchev–Trinajstić information content (AvgIpc) is 3.45. The second kappa shape index (κ2) is 8.80. The van der Waals surface area contributed by atoms with E-state index in [0.717, 1.165) is 41.6 Å². The molecule has 7 rings (SSSR count). The van der Waals surface area contributed by atoms with Gasteiger partial charge in [-0.3, -0.25) is 14.3 Å². The molecule has 178 valence electrons. The molecule has 2 aliphatic rings. The van der Waals surface area contributed by atoms with E-state index < -0.39 is 0 Å². The number of hydrogen-bond donors (Lipinski definition) is 1. The Morgan fingerprint density at radius 1 is 0.944 bits per heavy atom. The summed E-state index contributed by atoms with van der Waals surface area (Å²) < 4.78 is 1.75. The highest BCUT2D eigenvalue weighted by Crippen LogP contribution is 2.44. The van der Waals surface area contributed by atoms with E-state index in [1.54, 1.807) is 28.4 Å². The van der Waals surface area contributed by atoms with Gasteiger partial charge in [0.2, 0.25) is 0 Å². The van der Waals surface area contributed by atoms with Gasteiger partial charge in [0.05, 0.1) is 17.8 Å². The summed E-state index contributed by atoms with van der Waals surface area (Å²) in [5, 5.41) is 4.80. The molecular formula is C30H26N4OS. The van der Waals surface area contributed by atoms with Crippen LogP contribution in [0.5, 0.6) is 0 Å². The minimum Gasteiger partial charge on any atom is -0.303 e. The highest BCUT2D eigenvalue weighted by atomic mass is 32.1. The van der Waals surface area contributed by atoms with E-state index in [-0.39, 0.29) is 11.6 Å². The van der Waals surface area contributed by atoms with Gasteiger partial charge in [0.15, 0.2) is 0 Å². The van der Waals surface area contributed by atoms with Crippen molar-refractivity contribution in [2.24, 2.45) is 0 Å². The van der Waals surface area contributed by atoms with Crippen molar-refractivity contribution in [1.82, 2.24) is 19.9 Å². The van der Waals surface area contributed by atoms with E-state index in [2.05, 4.69) is 63.8 Å². The molecule has 0 saturated heterocycles. The van der Waals surface area contributed by atoms with Gasteiger partial charge in [-0.2, -0.15) is 0 Å². The summed E-state index contributed by atoms with van der Waals surface area (Å²) in [7, 11) is 0. The first-order valence-corrected chi connectivity index (χ1v) is 13.4. The normalized spacial score (nSPS) is 16.6. The van der Waals surface area contributed by atoms with Crippen molar-refractivity contribution >= 4 is 21.6 Å². The molecule has 0 bridgehead atoms. The largest absolute Gasteiger partial charge is 0.303 e. The molecule has 1 unspecified atom stereocenters. The Labute approximate surface area is 213 Å². The predicted octanol–water partition coefficient (Wildman–Crippen LogP) is 5.31. The topological polar surface area (TPSA) is 59.8 Å². The van der Waals surface area contributed by atoms with Gasteiger partial charge >= 0.3 is 0 Å². The van der Waals surface area contributed by atoms with E-state index in [0.29, 0.717) is 12.6 Å². The third kappa shape index (κ3) is 3.60. The average molecular weight is 491 g/mol. The number of benzene rings is 2. The Bertz CT molecular complexity index is 1590. The van der Waals surface area contributed by atoms with Gasteiger partial charge in [-0.05, 0) is 59.2 Å². The smallest absolute Gasteiger partial charge is 0.262 e. The first kappa shape index (κ1) is 21.7. The summed E-state index contributed by atoms with van der Waals surface area (Å²) in [6.45, 7) is 0.591. The van der Waals surface area contributed by atoms with Crippen LogP contribution in [0.2, 0.25) is 0 Å². The van der Waals surface area contributed by atoms with Crippen LogP contribution in [-0.2, 0) is 25.8 Å². The quantitative estimate of drug-likeness (QED) is 0.363. The second-order valence-electron chi connectivity index (χ2n) is 9.71. The van der Waals surface area contributed by atoms with Crippen LogP contribution in [0, 0.1) is 0 Å². The zero-order valence-electron chi connectivity index (χ0n) is 19.9. The standard InChI is InChI=1S/C30H26N4OS/c35-30-27-25-13-12-20(33-28-23-10-3-1-8-21(23)22-9-2-4-11-24(22)28)17-26(25)36-29(27)32-18-34(30)16-14-19-7-5-6-15-31-19/h1-11,15,18,20,28,33H,12-14,16-17H2. The van der Waals surface area contributed by atoms with Crippen molar-refractivity contribution in [3.8, 4) is 11.1 Å². The molecule has 1 atom stereocenters. The molecule has 0 spiro atoms. The van der Waals surface area contributed by atoms with Gasteiger partial charge < -0.3 is 5.32 Å². The molecule has 0 aliphatic heterocycles. The Morgan fingerprint density at radius 2 is 1.69 bits per heavy atom. The lowest BCUT2D eigenvalue weighted by Gasteiger charge is -2.28. The number of fused-ring (bicyclic) bond motifs is 6. The van der Waals surface area contributed by atoms with Gasteiger partial charge in [-0.15, -0.1) is 11.3 Å². The molecule has 1 N–H and O–H groups in total. The van der Waals surface area contributed by atoms with E-state index in [9.17, 15) is 4.79 Å². The third-order valence-electron chi connectivity index (χ3n) is 7.61.